The summed E-state index contributed by atoms with van der Waals surface area (Å²) in [6.45, 7) is 0.422. The number of hydrogen-bond donors (Lipinski definition) is 1. The van der Waals surface area contributed by atoms with Crippen LogP contribution in [-0.4, -0.2) is 20.8 Å². The number of halogens is 1. The van der Waals surface area contributed by atoms with E-state index < -0.39 is 5.97 Å². The van der Waals surface area contributed by atoms with Crippen molar-refractivity contribution in [1.29, 1.82) is 0 Å². The minimum Gasteiger partial charge on any atom is -0.476 e. The normalized spacial score (nSPS) is 11.0. The highest BCUT2D eigenvalue weighted by atomic mass is 35.5. The smallest absolute Gasteiger partial charge is 0.358 e. The number of carboxylic acids is 1. The third-order valence-corrected chi connectivity index (χ3v) is 3.07. The topological polar surface area (TPSA) is 68.3 Å². The van der Waals surface area contributed by atoms with Gasteiger partial charge in [-0.1, -0.05) is 16.8 Å². The summed E-state index contributed by atoms with van der Waals surface area (Å²) in [5.41, 5.74) is 0.909. The lowest BCUT2D eigenvalue weighted by Crippen LogP contribution is -1.97. The molecule has 0 atom stereocenters. The van der Waals surface area contributed by atoms with E-state index in [2.05, 4.69) is 5.16 Å². The van der Waals surface area contributed by atoms with E-state index in [1.165, 1.54) is 6.07 Å². The molecule has 0 aliphatic heterocycles. The Kier molecular flexibility index (Phi) is 2.76. The van der Waals surface area contributed by atoms with Crippen molar-refractivity contribution in [2.75, 3.05) is 0 Å². The van der Waals surface area contributed by atoms with Gasteiger partial charge in [-0.15, -0.1) is 0 Å². The summed E-state index contributed by atoms with van der Waals surface area (Å²) in [4.78, 5) is 10.7. The van der Waals surface area contributed by atoms with E-state index in [0.717, 1.165) is 10.9 Å². The van der Waals surface area contributed by atoms with Crippen molar-refractivity contribution in [2.24, 2.45) is 0 Å². The van der Waals surface area contributed by atoms with Crippen LogP contribution >= 0.6 is 11.6 Å². The van der Waals surface area contributed by atoms with Gasteiger partial charge in [0.1, 0.15) is 0 Å². The van der Waals surface area contributed by atoms with Crippen molar-refractivity contribution >= 4 is 28.5 Å². The SMILES string of the molecule is O=C(O)c1cc(Cn2ccc3cc(Cl)ccc32)on1. The molecule has 3 aromatic rings. The molecule has 0 aliphatic carbocycles. The van der Waals surface area contributed by atoms with E-state index in [1.807, 2.05) is 35.0 Å². The molecule has 2 aromatic heterocycles. The Labute approximate surface area is 113 Å². The number of rotatable bonds is 3. The van der Waals surface area contributed by atoms with Crippen LogP contribution in [0.1, 0.15) is 16.2 Å². The predicted molar refractivity (Wildman–Crippen MR) is 69.5 cm³/mol. The average Bonchev–Trinajstić information content (AvgIpc) is 2.97. The molecule has 0 amide bonds. The highest BCUT2D eigenvalue weighted by Gasteiger charge is 2.11. The molecule has 96 valence electrons. The van der Waals surface area contributed by atoms with Crippen molar-refractivity contribution in [3.63, 3.8) is 0 Å². The maximum atomic E-state index is 10.7. The second-order valence-corrected chi connectivity index (χ2v) is 4.57. The standard InChI is InChI=1S/C13H9ClN2O3/c14-9-1-2-12-8(5-9)3-4-16(12)7-10-6-11(13(17)18)15-19-10/h1-6H,7H2,(H,17,18). The summed E-state index contributed by atoms with van der Waals surface area (Å²) in [7, 11) is 0. The number of aromatic nitrogens is 2. The minimum atomic E-state index is -1.10. The highest BCUT2D eigenvalue weighted by molar-refractivity contribution is 6.31. The zero-order valence-electron chi connectivity index (χ0n) is 9.71. The van der Waals surface area contributed by atoms with Crippen LogP contribution in [0.2, 0.25) is 5.02 Å². The van der Waals surface area contributed by atoms with E-state index >= 15 is 0 Å². The Bertz CT molecular complexity index is 760. The lowest BCUT2D eigenvalue weighted by atomic mass is 10.2. The first kappa shape index (κ1) is 11.8. The second-order valence-electron chi connectivity index (χ2n) is 4.13. The van der Waals surface area contributed by atoms with Crippen molar-refractivity contribution in [2.45, 2.75) is 6.54 Å². The van der Waals surface area contributed by atoms with Crippen LogP contribution in [-0.2, 0) is 6.54 Å². The van der Waals surface area contributed by atoms with Gasteiger partial charge >= 0.3 is 5.97 Å². The molecule has 0 radical (unpaired) electrons. The summed E-state index contributed by atoms with van der Waals surface area (Å²) >= 11 is 5.92. The number of carboxylic acid groups (broad SMARTS) is 1. The quantitative estimate of drug-likeness (QED) is 0.798. The Hall–Kier alpha value is -2.27. The highest BCUT2D eigenvalue weighted by Crippen LogP contribution is 2.21. The van der Waals surface area contributed by atoms with Crippen LogP contribution in [0.3, 0.4) is 0 Å². The average molecular weight is 277 g/mol. The molecule has 1 aromatic carbocycles. The van der Waals surface area contributed by atoms with E-state index in [1.54, 1.807) is 0 Å². The molecule has 19 heavy (non-hydrogen) atoms. The van der Waals surface area contributed by atoms with Gasteiger partial charge in [0.25, 0.3) is 0 Å². The predicted octanol–water partition coefficient (Wildman–Crippen LogP) is 3.03. The molecule has 5 nitrogen and oxygen atoms in total. The number of benzene rings is 1. The number of fused-ring (bicyclic) bond motifs is 1. The Morgan fingerprint density at radius 1 is 1.37 bits per heavy atom. The van der Waals surface area contributed by atoms with E-state index in [9.17, 15) is 4.79 Å². The van der Waals surface area contributed by atoms with Gasteiger partial charge < -0.3 is 14.2 Å². The van der Waals surface area contributed by atoms with Gasteiger partial charge in [0.05, 0.1) is 6.54 Å². The summed E-state index contributed by atoms with van der Waals surface area (Å²) in [5.74, 6) is -0.607. The third-order valence-electron chi connectivity index (χ3n) is 2.84. The van der Waals surface area contributed by atoms with E-state index in [0.29, 0.717) is 17.3 Å². The fraction of sp³-hybridized carbons (Fsp3) is 0.0769. The van der Waals surface area contributed by atoms with Gasteiger partial charge in [0.15, 0.2) is 11.5 Å². The molecule has 6 heteroatoms. The first-order valence-corrected chi connectivity index (χ1v) is 5.94. The van der Waals surface area contributed by atoms with Crippen LogP contribution in [0.25, 0.3) is 10.9 Å². The largest absolute Gasteiger partial charge is 0.476 e. The summed E-state index contributed by atoms with van der Waals surface area (Å²) in [5, 5.41) is 14.0. The lowest BCUT2D eigenvalue weighted by Gasteiger charge is -2.01. The number of carbonyl (C=O) groups is 1. The number of hydrogen-bond acceptors (Lipinski definition) is 3. The molecule has 0 saturated carbocycles. The molecule has 0 spiro atoms. The maximum absolute atomic E-state index is 10.7. The van der Waals surface area contributed by atoms with Gasteiger partial charge in [-0.3, -0.25) is 0 Å². The molecule has 1 N–H and O–H groups in total. The zero-order valence-corrected chi connectivity index (χ0v) is 10.5. The fourth-order valence-corrected chi connectivity index (χ4v) is 2.15. The Morgan fingerprint density at radius 2 is 2.21 bits per heavy atom. The van der Waals surface area contributed by atoms with Gasteiger partial charge in [-0.25, -0.2) is 4.79 Å². The number of nitrogens with zero attached hydrogens (tertiary/aromatic N) is 2. The summed E-state index contributed by atoms with van der Waals surface area (Å²) < 4.78 is 6.94. The van der Waals surface area contributed by atoms with Crippen LogP contribution in [0.5, 0.6) is 0 Å². The monoisotopic (exact) mass is 276 g/mol. The molecular weight excluding hydrogens is 268 g/mol. The maximum Gasteiger partial charge on any atom is 0.358 e. The fourth-order valence-electron chi connectivity index (χ4n) is 1.97. The van der Waals surface area contributed by atoms with Crippen LogP contribution in [0.15, 0.2) is 41.1 Å². The lowest BCUT2D eigenvalue weighted by molar-refractivity contribution is 0.0685. The third kappa shape index (κ3) is 2.20. The minimum absolute atomic E-state index is 0.0884. The van der Waals surface area contributed by atoms with Gasteiger partial charge in [0.2, 0.25) is 0 Å². The molecule has 0 aliphatic rings. The van der Waals surface area contributed by atoms with Gasteiger partial charge in [-0.05, 0) is 24.3 Å². The molecule has 0 bridgehead atoms. The molecule has 3 rings (SSSR count). The Morgan fingerprint density at radius 3 is 2.95 bits per heavy atom. The first-order chi connectivity index (χ1) is 9.13. The van der Waals surface area contributed by atoms with Crippen molar-refractivity contribution in [3.05, 3.63) is 53.0 Å². The van der Waals surface area contributed by atoms with Crippen LogP contribution in [0, 0.1) is 0 Å². The molecule has 0 saturated heterocycles. The van der Waals surface area contributed by atoms with Crippen molar-refractivity contribution < 1.29 is 14.4 Å². The molecule has 0 fully saturated rings. The molecule has 2 heterocycles. The Balaban J connectivity index is 1.94. The summed E-state index contributed by atoms with van der Waals surface area (Å²) in [6, 6.07) is 8.95. The van der Waals surface area contributed by atoms with Crippen LogP contribution < -0.4 is 0 Å². The van der Waals surface area contributed by atoms with E-state index in [-0.39, 0.29) is 5.69 Å². The first-order valence-electron chi connectivity index (χ1n) is 5.57. The molecular formula is C13H9ClN2O3. The van der Waals surface area contributed by atoms with Gasteiger partial charge in [-0.2, -0.15) is 0 Å². The zero-order chi connectivity index (χ0) is 13.4. The summed E-state index contributed by atoms with van der Waals surface area (Å²) in [6.07, 6.45) is 1.89. The van der Waals surface area contributed by atoms with Crippen LogP contribution in [0.4, 0.5) is 0 Å². The second kappa shape index (κ2) is 4.44. The molecule has 0 unspecified atom stereocenters. The van der Waals surface area contributed by atoms with Crippen molar-refractivity contribution in [3.8, 4) is 0 Å². The van der Waals surface area contributed by atoms with E-state index in [4.69, 9.17) is 21.2 Å². The van der Waals surface area contributed by atoms with Gasteiger partial charge in [0, 0.05) is 28.2 Å². The van der Waals surface area contributed by atoms with Crippen molar-refractivity contribution in [1.82, 2.24) is 9.72 Å². The number of aromatic carboxylic acids is 1.